The molecule has 1 N–H and O–H groups in total. The van der Waals surface area contributed by atoms with Crippen LogP contribution in [0.15, 0.2) is 27.9 Å². The van der Waals surface area contributed by atoms with Gasteiger partial charge in [-0.05, 0) is 13.3 Å². The summed E-state index contributed by atoms with van der Waals surface area (Å²) in [6, 6.07) is 0. The molecule has 2 aromatic rings. The van der Waals surface area contributed by atoms with Crippen molar-refractivity contribution in [3.63, 3.8) is 0 Å². The third-order valence-electron chi connectivity index (χ3n) is 2.90. The third-order valence-corrected chi connectivity index (χ3v) is 4.09. The molecule has 0 atom stereocenters. The molecule has 0 saturated heterocycles. The molecule has 0 aliphatic carbocycles. The van der Waals surface area contributed by atoms with Crippen molar-refractivity contribution in [2.24, 2.45) is 0 Å². The number of allylic oxidation sites excluding steroid dienone is 2. The molecule has 0 bridgehead atoms. The average Bonchev–Trinajstić information content (AvgIpc) is 2.86. The highest BCUT2D eigenvalue weighted by Crippen LogP contribution is 2.17. The van der Waals surface area contributed by atoms with E-state index in [1.165, 1.54) is 10.6 Å². The minimum atomic E-state index is -1.11. The number of carboxylic acids is 1. The average molecular weight is 294 g/mol. The monoisotopic (exact) mass is 294 g/mol. The molecular weight excluding hydrogens is 280 g/mol. The second-order valence-corrected chi connectivity index (χ2v) is 5.31. The molecule has 0 aromatic carbocycles. The van der Waals surface area contributed by atoms with Crippen LogP contribution in [-0.4, -0.2) is 20.0 Å². The first-order valence-electron chi connectivity index (χ1n) is 6.11. The van der Waals surface area contributed by atoms with Gasteiger partial charge in [0.2, 0.25) is 0 Å². The molecule has 0 aliphatic rings. The molecular formula is C13H14N2O4S. The fourth-order valence-corrected chi connectivity index (χ4v) is 2.80. The van der Waals surface area contributed by atoms with E-state index in [0.717, 1.165) is 22.3 Å². The normalized spacial score (nSPS) is 11.5. The van der Waals surface area contributed by atoms with Gasteiger partial charge in [0.15, 0.2) is 0 Å². The third kappa shape index (κ3) is 2.32. The largest absolute Gasteiger partial charge is 0.477 e. The lowest BCUT2D eigenvalue weighted by Gasteiger charge is -2.04. The Hall–Kier alpha value is -2.15. The number of thiazole rings is 1. The summed E-state index contributed by atoms with van der Waals surface area (Å²) in [7, 11) is 0. The lowest BCUT2D eigenvalue weighted by atomic mass is 10.3. The SMILES string of the molecule is CC/C=C/Cn1c(=O)c(C)c2sc(C(=O)O)cn2c1=O. The molecule has 0 unspecified atom stereocenters. The maximum atomic E-state index is 12.2. The van der Waals surface area contributed by atoms with E-state index in [-0.39, 0.29) is 17.0 Å². The molecule has 0 aliphatic heterocycles. The van der Waals surface area contributed by atoms with Gasteiger partial charge in [-0.2, -0.15) is 0 Å². The lowest BCUT2D eigenvalue weighted by Crippen LogP contribution is -2.37. The van der Waals surface area contributed by atoms with E-state index < -0.39 is 11.7 Å². The molecule has 106 valence electrons. The zero-order valence-corrected chi connectivity index (χ0v) is 11.9. The first kappa shape index (κ1) is 14.3. The predicted octanol–water partition coefficient (Wildman–Crippen LogP) is 1.50. The van der Waals surface area contributed by atoms with Crippen LogP contribution in [0.2, 0.25) is 0 Å². The van der Waals surface area contributed by atoms with Gasteiger partial charge in [0, 0.05) is 18.3 Å². The van der Waals surface area contributed by atoms with Gasteiger partial charge in [0.25, 0.3) is 5.56 Å². The van der Waals surface area contributed by atoms with Crippen molar-refractivity contribution >= 4 is 22.1 Å². The highest BCUT2D eigenvalue weighted by Gasteiger charge is 2.16. The lowest BCUT2D eigenvalue weighted by molar-refractivity contribution is 0.0701. The molecule has 0 amide bonds. The van der Waals surface area contributed by atoms with Gasteiger partial charge in [-0.3, -0.25) is 13.8 Å². The highest BCUT2D eigenvalue weighted by molar-refractivity contribution is 7.19. The van der Waals surface area contributed by atoms with Crippen molar-refractivity contribution in [2.75, 3.05) is 0 Å². The smallest absolute Gasteiger partial charge is 0.347 e. The summed E-state index contributed by atoms with van der Waals surface area (Å²) in [5.41, 5.74) is -0.512. The van der Waals surface area contributed by atoms with Crippen LogP contribution in [0.1, 0.15) is 28.6 Å². The number of nitrogens with zero attached hydrogens (tertiary/aromatic N) is 2. The predicted molar refractivity (Wildman–Crippen MR) is 76.9 cm³/mol. The van der Waals surface area contributed by atoms with E-state index in [1.54, 1.807) is 13.0 Å². The maximum Gasteiger partial charge on any atom is 0.347 e. The maximum absolute atomic E-state index is 12.2. The van der Waals surface area contributed by atoms with E-state index in [2.05, 4.69) is 0 Å². The zero-order valence-electron chi connectivity index (χ0n) is 11.1. The molecule has 6 nitrogen and oxygen atoms in total. The van der Waals surface area contributed by atoms with E-state index in [9.17, 15) is 14.4 Å². The quantitative estimate of drug-likeness (QED) is 0.866. The summed E-state index contributed by atoms with van der Waals surface area (Å²) in [5, 5.41) is 8.98. The summed E-state index contributed by atoms with van der Waals surface area (Å²) in [6.07, 6.45) is 5.70. The Balaban J connectivity index is 2.72. The van der Waals surface area contributed by atoms with Gasteiger partial charge in [-0.1, -0.05) is 19.1 Å². The van der Waals surface area contributed by atoms with Crippen molar-refractivity contribution in [3.8, 4) is 0 Å². The van der Waals surface area contributed by atoms with E-state index in [0.29, 0.717) is 10.4 Å². The number of rotatable bonds is 4. The van der Waals surface area contributed by atoms with Crippen molar-refractivity contribution in [1.29, 1.82) is 0 Å². The number of carboxylic acid groups (broad SMARTS) is 1. The molecule has 2 rings (SSSR count). The number of aromatic carboxylic acids is 1. The van der Waals surface area contributed by atoms with E-state index in [4.69, 9.17) is 5.11 Å². The van der Waals surface area contributed by atoms with Crippen LogP contribution in [0.3, 0.4) is 0 Å². The Labute approximate surface area is 118 Å². The van der Waals surface area contributed by atoms with Crippen molar-refractivity contribution < 1.29 is 9.90 Å². The highest BCUT2D eigenvalue weighted by atomic mass is 32.1. The van der Waals surface area contributed by atoms with E-state index in [1.807, 2.05) is 13.0 Å². The number of aryl methyl sites for hydroxylation is 1. The van der Waals surface area contributed by atoms with Crippen molar-refractivity contribution in [2.45, 2.75) is 26.8 Å². The van der Waals surface area contributed by atoms with E-state index >= 15 is 0 Å². The second-order valence-electron chi connectivity index (χ2n) is 4.28. The molecule has 7 heteroatoms. The standard InChI is InChI=1S/C13H14N2O4S/c1-3-4-5-6-14-10(16)8(2)11-15(13(14)19)7-9(20-11)12(17)18/h4-5,7H,3,6H2,1-2H3,(H,17,18)/b5-4+. The van der Waals surface area contributed by atoms with Gasteiger partial charge in [0.1, 0.15) is 9.71 Å². The minimum absolute atomic E-state index is 0.0338. The molecule has 0 radical (unpaired) electrons. The Kier molecular flexibility index (Phi) is 3.89. The van der Waals surface area contributed by atoms with Crippen LogP contribution in [0.5, 0.6) is 0 Å². The molecule has 2 aromatic heterocycles. The second kappa shape index (κ2) is 5.46. The van der Waals surface area contributed by atoms with Crippen LogP contribution in [0, 0.1) is 6.92 Å². The van der Waals surface area contributed by atoms with Crippen LogP contribution in [-0.2, 0) is 6.54 Å². The number of hydrogen-bond acceptors (Lipinski definition) is 4. The molecule has 20 heavy (non-hydrogen) atoms. The summed E-state index contributed by atoms with van der Waals surface area (Å²) < 4.78 is 2.33. The number of hydrogen-bond donors (Lipinski definition) is 1. The minimum Gasteiger partial charge on any atom is -0.477 e. The van der Waals surface area contributed by atoms with Crippen LogP contribution >= 0.6 is 11.3 Å². The number of fused-ring (bicyclic) bond motifs is 1. The number of carbonyl (C=O) groups is 1. The van der Waals surface area contributed by atoms with Crippen LogP contribution in [0.25, 0.3) is 4.83 Å². The molecule has 2 heterocycles. The number of aromatic nitrogens is 2. The Bertz CT molecular complexity index is 810. The fourth-order valence-electron chi connectivity index (χ4n) is 1.87. The van der Waals surface area contributed by atoms with Gasteiger partial charge in [-0.25, -0.2) is 9.59 Å². The van der Waals surface area contributed by atoms with Gasteiger partial charge < -0.3 is 5.11 Å². The van der Waals surface area contributed by atoms with Crippen molar-refractivity contribution in [3.05, 3.63) is 49.6 Å². The van der Waals surface area contributed by atoms with Crippen molar-refractivity contribution in [1.82, 2.24) is 8.97 Å². The first-order valence-corrected chi connectivity index (χ1v) is 6.93. The van der Waals surface area contributed by atoms with Gasteiger partial charge in [-0.15, -0.1) is 11.3 Å². The summed E-state index contributed by atoms with van der Waals surface area (Å²) in [5.74, 6) is -1.11. The molecule has 0 spiro atoms. The Morgan fingerprint density at radius 3 is 2.70 bits per heavy atom. The molecule has 0 fully saturated rings. The van der Waals surface area contributed by atoms with Gasteiger partial charge >= 0.3 is 11.7 Å². The molecule has 0 saturated carbocycles. The summed E-state index contributed by atoms with van der Waals surface area (Å²) >= 11 is 0.929. The Morgan fingerprint density at radius 2 is 2.10 bits per heavy atom. The topological polar surface area (TPSA) is 80.8 Å². The fraction of sp³-hybridized carbons (Fsp3) is 0.308. The first-order chi connectivity index (χ1) is 9.47. The Morgan fingerprint density at radius 1 is 1.40 bits per heavy atom. The van der Waals surface area contributed by atoms with Crippen LogP contribution < -0.4 is 11.2 Å². The summed E-state index contributed by atoms with van der Waals surface area (Å²) in [6.45, 7) is 3.74. The van der Waals surface area contributed by atoms with Crippen LogP contribution in [0.4, 0.5) is 0 Å². The zero-order chi connectivity index (χ0) is 14.9. The van der Waals surface area contributed by atoms with Gasteiger partial charge in [0.05, 0.1) is 0 Å². The summed E-state index contributed by atoms with van der Waals surface area (Å²) in [4.78, 5) is 35.8.